The van der Waals surface area contributed by atoms with Crippen molar-refractivity contribution in [3.8, 4) is 6.07 Å². The Hall–Kier alpha value is -0.770. The first-order chi connectivity index (χ1) is 6.76. The van der Waals surface area contributed by atoms with Gasteiger partial charge in [-0.05, 0) is 32.1 Å². The van der Waals surface area contributed by atoms with Gasteiger partial charge in [0.05, 0.1) is 11.5 Å². The quantitative estimate of drug-likeness (QED) is 0.617. The molecule has 0 spiro atoms. The average molecular weight is 191 g/mol. The van der Waals surface area contributed by atoms with Crippen molar-refractivity contribution < 1.29 is 0 Å². The van der Waals surface area contributed by atoms with E-state index in [9.17, 15) is 5.26 Å². The lowest BCUT2D eigenvalue weighted by Crippen LogP contribution is -2.26. The second-order valence-corrected chi connectivity index (χ2v) is 4.54. The predicted molar refractivity (Wildman–Crippen MR) is 59.7 cm³/mol. The summed E-state index contributed by atoms with van der Waals surface area (Å²) in [5, 5.41) is 9.30. The Kier molecular flexibility index (Phi) is 4.20. The summed E-state index contributed by atoms with van der Waals surface area (Å²) in [6.45, 7) is 4.28. The van der Waals surface area contributed by atoms with E-state index in [1.54, 1.807) is 0 Å². The molecular weight excluding hydrogens is 170 g/mol. The smallest absolute Gasteiger partial charge is 0.0693 e. The zero-order chi connectivity index (χ0) is 10.4. The lowest BCUT2D eigenvalue weighted by atomic mass is 9.68. The van der Waals surface area contributed by atoms with Gasteiger partial charge in [0.25, 0.3) is 0 Å². The van der Waals surface area contributed by atoms with Crippen LogP contribution in [0.5, 0.6) is 0 Å². The predicted octanol–water partition coefficient (Wildman–Crippen LogP) is 4.06. The molecule has 2 atom stereocenters. The number of rotatable bonds is 3. The van der Waals surface area contributed by atoms with Crippen molar-refractivity contribution in [2.75, 3.05) is 0 Å². The second kappa shape index (κ2) is 5.20. The van der Waals surface area contributed by atoms with Crippen molar-refractivity contribution in [3.05, 3.63) is 12.2 Å². The fourth-order valence-corrected chi connectivity index (χ4v) is 2.51. The van der Waals surface area contributed by atoms with Crippen LogP contribution in [0.3, 0.4) is 0 Å². The van der Waals surface area contributed by atoms with Crippen LogP contribution in [0.2, 0.25) is 0 Å². The summed E-state index contributed by atoms with van der Waals surface area (Å²) in [6.07, 6.45) is 11.2. The highest BCUT2D eigenvalue weighted by Gasteiger charge is 2.34. The Labute approximate surface area is 87.8 Å². The van der Waals surface area contributed by atoms with Crippen LogP contribution >= 0.6 is 0 Å². The fourth-order valence-electron chi connectivity index (χ4n) is 2.51. The third-order valence-corrected chi connectivity index (χ3v) is 3.51. The molecule has 78 valence electrons. The van der Waals surface area contributed by atoms with E-state index in [0.29, 0.717) is 0 Å². The van der Waals surface area contributed by atoms with Crippen LogP contribution < -0.4 is 0 Å². The molecule has 1 heteroatoms. The summed E-state index contributed by atoms with van der Waals surface area (Å²) in [5.41, 5.74) is -0.0363. The molecule has 1 aliphatic rings. The van der Waals surface area contributed by atoms with Gasteiger partial charge in [-0.3, -0.25) is 0 Å². The van der Waals surface area contributed by atoms with Crippen molar-refractivity contribution in [3.63, 3.8) is 0 Å². The average Bonchev–Trinajstić information content (AvgIpc) is 2.26. The van der Waals surface area contributed by atoms with Crippen molar-refractivity contribution in [2.45, 2.75) is 52.4 Å². The Bertz CT molecular complexity index is 236. The maximum Gasteiger partial charge on any atom is 0.0693 e. The Morgan fingerprint density at radius 3 is 2.93 bits per heavy atom. The molecule has 0 bridgehead atoms. The number of hydrogen-bond donors (Lipinski definition) is 0. The van der Waals surface area contributed by atoms with Crippen molar-refractivity contribution in [1.29, 1.82) is 5.26 Å². The minimum absolute atomic E-state index is 0.0363. The standard InChI is InChI=1S/C13H21N/c1-3-5-8-13(11-14)9-6-7-12(4-2)10-13/h3,5,12H,4,6-10H2,1-2H3/b5-3+. The Balaban J connectivity index is 2.64. The summed E-state index contributed by atoms with van der Waals surface area (Å²) >= 11 is 0. The van der Waals surface area contributed by atoms with Crippen LogP contribution in [0.25, 0.3) is 0 Å². The first-order valence-corrected chi connectivity index (χ1v) is 5.79. The molecule has 1 aliphatic carbocycles. The van der Waals surface area contributed by atoms with Gasteiger partial charge in [-0.25, -0.2) is 0 Å². The molecule has 0 aromatic carbocycles. The van der Waals surface area contributed by atoms with Gasteiger partial charge in [0.2, 0.25) is 0 Å². The van der Waals surface area contributed by atoms with Gasteiger partial charge in [0.1, 0.15) is 0 Å². The van der Waals surface area contributed by atoms with Gasteiger partial charge in [-0.2, -0.15) is 5.26 Å². The minimum atomic E-state index is -0.0363. The molecular formula is C13H21N. The van der Waals surface area contributed by atoms with Crippen LogP contribution in [0.4, 0.5) is 0 Å². The highest BCUT2D eigenvalue weighted by Crippen LogP contribution is 2.42. The SMILES string of the molecule is C/C=C/CC1(C#N)CCCC(CC)C1. The summed E-state index contributed by atoms with van der Waals surface area (Å²) in [7, 11) is 0. The summed E-state index contributed by atoms with van der Waals surface area (Å²) in [5.74, 6) is 0.786. The third kappa shape index (κ3) is 2.61. The number of nitrogens with zero attached hydrogens (tertiary/aromatic N) is 1. The van der Waals surface area contributed by atoms with Gasteiger partial charge in [-0.1, -0.05) is 38.3 Å². The summed E-state index contributed by atoms with van der Waals surface area (Å²) < 4.78 is 0. The van der Waals surface area contributed by atoms with Crippen molar-refractivity contribution >= 4 is 0 Å². The first kappa shape index (κ1) is 11.3. The molecule has 1 rings (SSSR count). The Morgan fingerprint density at radius 2 is 2.36 bits per heavy atom. The molecule has 1 saturated carbocycles. The first-order valence-electron chi connectivity index (χ1n) is 5.79. The molecule has 0 heterocycles. The number of nitriles is 1. The highest BCUT2D eigenvalue weighted by molar-refractivity contribution is 5.05. The van der Waals surface area contributed by atoms with Crippen molar-refractivity contribution in [2.24, 2.45) is 11.3 Å². The minimum Gasteiger partial charge on any atom is -0.198 e. The normalized spacial score (nSPS) is 33.1. The molecule has 0 amide bonds. The lowest BCUT2D eigenvalue weighted by Gasteiger charge is -2.34. The second-order valence-electron chi connectivity index (χ2n) is 4.54. The molecule has 0 aromatic rings. The molecule has 14 heavy (non-hydrogen) atoms. The Morgan fingerprint density at radius 1 is 1.57 bits per heavy atom. The van der Waals surface area contributed by atoms with Gasteiger partial charge in [-0.15, -0.1) is 0 Å². The van der Waals surface area contributed by atoms with E-state index in [1.807, 2.05) is 6.92 Å². The number of allylic oxidation sites excluding steroid dienone is 2. The zero-order valence-corrected chi connectivity index (χ0v) is 9.42. The fraction of sp³-hybridized carbons (Fsp3) is 0.769. The van der Waals surface area contributed by atoms with Crippen LogP contribution in [0.15, 0.2) is 12.2 Å². The largest absolute Gasteiger partial charge is 0.198 e. The summed E-state index contributed by atoms with van der Waals surface area (Å²) in [6, 6.07) is 2.57. The molecule has 0 aliphatic heterocycles. The lowest BCUT2D eigenvalue weighted by molar-refractivity contribution is 0.197. The molecule has 2 unspecified atom stereocenters. The monoisotopic (exact) mass is 191 g/mol. The van der Waals surface area contributed by atoms with Crippen LogP contribution in [0.1, 0.15) is 52.4 Å². The maximum absolute atomic E-state index is 9.30. The zero-order valence-electron chi connectivity index (χ0n) is 9.42. The van der Waals surface area contributed by atoms with E-state index in [-0.39, 0.29) is 5.41 Å². The number of hydrogen-bond acceptors (Lipinski definition) is 1. The maximum atomic E-state index is 9.30. The van der Waals surface area contributed by atoms with Gasteiger partial charge < -0.3 is 0 Å². The molecule has 0 N–H and O–H groups in total. The van der Waals surface area contributed by atoms with E-state index in [0.717, 1.165) is 25.2 Å². The van der Waals surface area contributed by atoms with Crippen molar-refractivity contribution in [1.82, 2.24) is 0 Å². The molecule has 0 saturated heterocycles. The van der Waals surface area contributed by atoms with Crippen LogP contribution in [-0.2, 0) is 0 Å². The molecule has 0 radical (unpaired) electrons. The molecule has 0 aromatic heterocycles. The summed E-state index contributed by atoms with van der Waals surface area (Å²) in [4.78, 5) is 0. The van der Waals surface area contributed by atoms with E-state index in [4.69, 9.17) is 0 Å². The van der Waals surface area contributed by atoms with E-state index in [2.05, 4.69) is 25.1 Å². The van der Waals surface area contributed by atoms with E-state index < -0.39 is 0 Å². The van der Waals surface area contributed by atoms with Gasteiger partial charge in [0.15, 0.2) is 0 Å². The third-order valence-electron chi connectivity index (χ3n) is 3.51. The van der Waals surface area contributed by atoms with E-state index in [1.165, 1.54) is 19.3 Å². The van der Waals surface area contributed by atoms with Crippen LogP contribution in [0, 0.1) is 22.7 Å². The molecule has 1 nitrogen and oxygen atoms in total. The van der Waals surface area contributed by atoms with E-state index >= 15 is 0 Å². The van der Waals surface area contributed by atoms with Crippen LogP contribution in [-0.4, -0.2) is 0 Å². The highest BCUT2D eigenvalue weighted by atomic mass is 14.4. The molecule has 1 fully saturated rings. The topological polar surface area (TPSA) is 23.8 Å². The van der Waals surface area contributed by atoms with Gasteiger partial charge in [0, 0.05) is 0 Å². The van der Waals surface area contributed by atoms with Gasteiger partial charge >= 0.3 is 0 Å².